The Labute approximate surface area is 172 Å². The van der Waals surface area contributed by atoms with Crippen molar-refractivity contribution in [1.82, 2.24) is 0 Å². The average Bonchev–Trinajstić information content (AvgIpc) is 2.86. The summed E-state index contributed by atoms with van der Waals surface area (Å²) in [6.45, 7) is 11.0. The van der Waals surface area contributed by atoms with Gasteiger partial charge in [0.05, 0.1) is 4.88 Å². The van der Waals surface area contributed by atoms with Crippen LogP contribution in [0.4, 0.5) is 5.69 Å². The highest BCUT2D eigenvalue weighted by Gasteiger charge is 2.20. The number of aldehydes is 1. The summed E-state index contributed by atoms with van der Waals surface area (Å²) in [6.07, 6.45) is 4.15. The van der Waals surface area contributed by atoms with Crippen LogP contribution in [0.1, 0.15) is 51.8 Å². The zero-order chi connectivity index (χ0) is 20.0. The fourth-order valence-electron chi connectivity index (χ4n) is 3.27. The normalized spacial score (nSPS) is 12.7. The van der Waals surface area contributed by atoms with Crippen LogP contribution in [0, 0.1) is 12.3 Å². The minimum Gasteiger partial charge on any atom is -0.483 e. The maximum absolute atomic E-state index is 10.6. The van der Waals surface area contributed by atoms with E-state index in [1.807, 2.05) is 6.92 Å². The number of nitrogens with one attached hydrogen (secondary N) is 1. The molecule has 0 spiro atoms. The van der Waals surface area contributed by atoms with Crippen LogP contribution < -0.4 is 10.1 Å². The molecule has 0 aliphatic heterocycles. The Bertz CT molecular complexity index is 764. The first kappa shape index (κ1) is 21.8. The molecule has 2 aromatic rings. The summed E-state index contributed by atoms with van der Waals surface area (Å²) >= 11 is 8.14. The molecule has 1 aromatic carbocycles. The lowest BCUT2D eigenvalue weighted by molar-refractivity contribution is -0.109. The van der Waals surface area contributed by atoms with Gasteiger partial charge in [0.25, 0.3) is 0 Å². The Morgan fingerprint density at radius 2 is 2.07 bits per heavy atom. The number of aryl methyl sites for hydroxylation is 1. The third-order valence-corrected chi connectivity index (χ3v) is 5.87. The van der Waals surface area contributed by atoms with Crippen LogP contribution in [0.2, 0.25) is 5.02 Å². The molecular weight excluding hydrogens is 378 g/mol. The zero-order valence-electron chi connectivity index (χ0n) is 16.9. The summed E-state index contributed by atoms with van der Waals surface area (Å²) in [6, 6.07) is 8.80. The first-order valence-electron chi connectivity index (χ1n) is 9.47. The number of hydrogen-bond donors (Lipinski definition) is 1. The summed E-state index contributed by atoms with van der Waals surface area (Å²) in [7, 11) is 0. The molecule has 148 valence electrons. The van der Waals surface area contributed by atoms with Gasteiger partial charge in [0.1, 0.15) is 11.6 Å². The third kappa shape index (κ3) is 6.25. The van der Waals surface area contributed by atoms with Crippen LogP contribution in [0.15, 0.2) is 24.3 Å². The van der Waals surface area contributed by atoms with Crippen molar-refractivity contribution >= 4 is 34.9 Å². The van der Waals surface area contributed by atoms with Crippen molar-refractivity contribution < 1.29 is 9.53 Å². The Hall–Kier alpha value is -1.52. The molecule has 1 N–H and O–H groups in total. The predicted molar refractivity (Wildman–Crippen MR) is 117 cm³/mol. The second-order valence-corrected chi connectivity index (χ2v) is 9.69. The van der Waals surface area contributed by atoms with Crippen LogP contribution >= 0.6 is 22.9 Å². The SMILES string of the molecule is CCCC(CC(C)(C)C)Nc1cccc(-c2sc(C)c(OCC=O)c2Cl)c1. The predicted octanol–water partition coefficient (Wildman–Crippen LogP) is 6.97. The molecule has 0 aliphatic carbocycles. The van der Waals surface area contributed by atoms with Crippen molar-refractivity contribution in [3.05, 3.63) is 34.2 Å². The third-order valence-electron chi connectivity index (χ3n) is 4.26. The second kappa shape index (κ2) is 9.61. The minimum absolute atomic E-state index is 0.0177. The van der Waals surface area contributed by atoms with Gasteiger partial charge in [-0.15, -0.1) is 11.3 Å². The first-order valence-corrected chi connectivity index (χ1v) is 10.7. The van der Waals surface area contributed by atoms with Gasteiger partial charge in [-0.2, -0.15) is 0 Å². The smallest absolute Gasteiger partial charge is 0.157 e. The first-order chi connectivity index (χ1) is 12.7. The summed E-state index contributed by atoms with van der Waals surface area (Å²) in [5.74, 6) is 0.610. The summed E-state index contributed by atoms with van der Waals surface area (Å²) in [5.41, 5.74) is 2.45. The topological polar surface area (TPSA) is 38.3 Å². The monoisotopic (exact) mass is 407 g/mol. The van der Waals surface area contributed by atoms with Crippen molar-refractivity contribution in [2.45, 2.75) is 59.9 Å². The number of ether oxygens (including phenoxy) is 1. The molecule has 2 rings (SSSR count). The van der Waals surface area contributed by atoms with E-state index in [0.29, 0.717) is 16.8 Å². The quantitative estimate of drug-likeness (QED) is 0.456. The molecule has 0 saturated carbocycles. The van der Waals surface area contributed by atoms with E-state index in [-0.39, 0.29) is 12.0 Å². The molecule has 0 radical (unpaired) electrons. The van der Waals surface area contributed by atoms with Crippen LogP contribution in [-0.4, -0.2) is 18.9 Å². The lowest BCUT2D eigenvalue weighted by atomic mass is 9.86. The minimum atomic E-state index is 0.0177. The lowest BCUT2D eigenvalue weighted by Gasteiger charge is -2.27. The van der Waals surface area contributed by atoms with E-state index in [2.05, 4.69) is 57.3 Å². The highest BCUT2D eigenvalue weighted by molar-refractivity contribution is 7.16. The van der Waals surface area contributed by atoms with Gasteiger partial charge in [-0.3, -0.25) is 4.79 Å². The average molecular weight is 408 g/mol. The van der Waals surface area contributed by atoms with Crippen LogP contribution in [-0.2, 0) is 4.79 Å². The van der Waals surface area contributed by atoms with Crippen LogP contribution in [0.3, 0.4) is 0 Å². The van der Waals surface area contributed by atoms with E-state index in [9.17, 15) is 4.79 Å². The van der Waals surface area contributed by atoms with E-state index in [0.717, 1.165) is 46.6 Å². The van der Waals surface area contributed by atoms with Gasteiger partial charge in [0.2, 0.25) is 0 Å². The molecule has 3 nitrogen and oxygen atoms in total. The summed E-state index contributed by atoms with van der Waals surface area (Å²) in [5, 5.41) is 4.29. The molecule has 1 aromatic heterocycles. The van der Waals surface area contributed by atoms with Crippen molar-refractivity contribution in [3.8, 4) is 16.2 Å². The lowest BCUT2D eigenvalue weighted by Crippen LogP contribution is -2.25. The van der Waals surface area contributed by atoms with Gasteiger partial charge < -0.3 is 10.1 Å². The largest absolute Gasteiger partial charge is 0.483 e. The fourth-order valence-corrected chi connectivity index (χ4v) is 4.73. The fraction of sp³-hybridized carbons (Fsp3) is 0.500. The zero-order valence-corrected chi connectivity index (χ0v) is 18.5. The molecule has 27 heavy (non-hydrogen) atoms. The van der Waals surface area contributed by atoms with Crippen LogP contribution in [0.5, 0.6) is 5.75 Å². The Kier molecular flexibility index (Phi) is 7.75. The molecule has 0 aliphatic rings. The second-order valence-electron chi connectivity index (χ2n) is 8.08. The van der Waals surface area contributed by atoms with E-state index < -0.39 is 0 Å². The number of hydrogen-bond acceptors (Lipinski definition) is 4. The highest BCUT2D eigenvalue weighted by Crippen LogP contribution is 2.45. The van der Waals surface area contributed by atoms with E-state index >= 15 is 0 Å². The van der Waals surface area contributed by atoms with Crippen LogP contribution in [0.25, 0.3) is 10.4 Å². The number of benzene rings is 1. The molecule has 1 atom stereocenters. The Morgan fingerprint density at radius 3 is 2.70 bits per heavy atom. The van der Waals surface area contributed by atoms with Gasteiger partial charge in [0.15, 0.2) is 12.0 Å². The van der Waals surface area contributed by atoms with Gasteiger partial charge in [0, 0.05) is 16.6 Å². The maximum atomic E-state index is 10.6. The van der Waals surface area contributed by atoms with Crippen molar-refractivity contribution in [2.24, 2.45) is 5.41 Å². The van der Waals surface area contributed by atoms with Crippen molar-refractivity contribution in [1.29, 1.82) is 0 Å². The molecular formula is C22H30ClNO2S. The number of carbonyl (C=O) groups is 1. The molecule has 0 bridgehead atoms. The molecule has 1 heterocycles. The standard InChI is InChI=1S/C22H30ClNO2S/c1-6-8-18(14-22(3,4)5)24-17-10-7-9-16(13-17)21-19(23)20(15(2)27-21)26-12-11-25/h7,9-11,13,18,24H,6,8,12,14H2,1-5H3. The molecule has 0 amide bonds. The van der Waals surface area contributed by atoms with Gasteiger partial charge in [-0.05, 0) is 42.9 Å². The number of rotatable bonds is 9. The molecule has 0 fully saturated rings. The molecule has 1 unspecified atom stereocenters. The molecule has 0 saturated heterocycles. The number of carbonyl (C=O) groups excluding carboxylic acids is 1. The van der Waals surface area contributed by atoms with E-state index in [1.165, 1.54) is 0 Å². The summed E-state index contributed by atoms with van der Waals surface area (Å²) < 4.78 is 5.50. The Morgan fingerprint density at radius 1 is 1.33 bits per heavy atom. The maximum Gasteiger partial charge on any atom is 0.157 e. The summed E-state index contributed by atoms with van der Waals surface area (Å²) in [4.78, 5) is 12.6. The Balaban J connectivity index is 2.25. The van der Waals surface area contributed by atoms with Crippen molar-refractivity contribution in [3.63, 3.8) is 0 Å². The van der Waals surface area contributed by atoms with Gasteiger partial charge in [-0.25, -0.2) is 0 Å². The van der Waals surface area contributed by atoms with Gasteiger partial charge >= 0.3 is 0 Å². The van der Waals surface area contributed by atoms with Gasteiger partial charge in [-0.1, -0.05) is 57.8 Å². The number of thiophene rings is 1. The van der Waals surface area contributed by atoms with Crippen molar-refractivity contribution in [2.75, 3.05) is 11.9 Å². The van der Waals surface area contributed by atoms with E-state index in [4.69, 9.17) is 16.3 Å². The highest BCUT2D eigenvalue weighted by atomic mass is 35.5. The number of anilines is 1. The van der Waals surface area contributed by atoms with E-state index in [1.54, 1.807) is 11.3 Å². The molecule has 5 heteroatoms. The number of halogens is 1.